The number of nitrogens with two attached hydrogens (primary N) is 1. The van der Waals surface area contributed by atoms with Crippen molar-refractivity contribution in [2.45, 2.75) is 12.6 Å². The largest absolute Gasteiger partial charge is 0.493 e. The molecule has 0 atom stereocenters. The number of carboxylic acid groups (broad SMARTS) is 1. The second-order valence-corrected chi connectivity index (χ2v) is 5.16. The van der Waals surface area contributed by atoms with Crippen LogP contribution < -0.4 is 10.6 Å². The number of hydrogen-bond donors (Lipinski definition) is 2. The SMILES string of the molecule is NOCCCOc1ccc(C(=O)O)cc1-c1ccc(C(F)(F)F)cc1. The summed E-state index contributed by atoms with van der Waals surface area (Å²) in [5.74, 6) is 4.14. The van der Waals surface area contributed by atoms with Gasteiger partial charge in [-0.2, -0.15) is 13.2 Å². The lowest BCUT2D eigenvalue weighted by atomic mass is 10.0. The van der Waals surface area contributed by atoms with Gasteiger partial charge in [-0.25, -0.2) is 10.7 Å². The summed E-state index contributed by atoms with van der Waals surface area (Å²) < 4.78 is 43.6. The van der Waals surface area contributed by atoms with E-state index in [1.54, 1.807) is 0 Å². The van der Waals surface area contributed by atoms with Crippen LogP contribution in [0.3, 0.4) is 0 Å². The molecule has 0 radical (unpaired) electrons. The summed E-state index contributed by atoms with van der Waals surface area (Å²) in [4.78, 5) is 15.6. The number of halogens is 3. The first-order chi connectivity index (χ1) is 11.8. The molecular formula is C17H16F3NO4. The molecule has 0 aliphatic heterocycles. The highest BCUT2D eigenvalue weighted by molar-refractivity contribution is 5.90. The first-order valence-electron chi connectivity index (χ1n) is 7.32. The van der Waals surface area contributed by atoms with Crippen molar-refractivity contribution >= 4 is 5.97 Å². The van der Waals surface area contributed by atoms with Crippen LogP contribution in [0.15, 0.2) is 42.5 Å². The molecule has 0 aliphatic carbocycles. The van der Waals surface area contributed by atoms with E-state index in [1.807, 2.05) is 0 Å². The van der Waals surface area contributed by atoms with Crippen molar-refractivity contribution in [1.29, 1.82) is 0 Å². The summed E-state index contributed by atoms with van der Waals surface area (Å²) in [7, 11) is 0. The zero-order valence-electron chi connectivity index (χ0n) is 13.0. The summed E-state index contributed by atoms with van der Waals surface area (Å²) >= 11 is 0. The molecule has 2 aromatic carbocycles. The lowest BCUT2D eigenvalue weighted by molar-refractivity contribution is -0.137. The molecule has 2 rings (SSSR count). The zero-order valence-corrected chi connectivity index (χ0v) is 13.0. The topological polar surface area (TPSA) is 81.8 Å². The van der Waals surface area contributed by atoms with Gasteiger partial charge in [0.15, 0.2) is 0 Å². The molecule has 0 unspecified atom stereocenters. The van der Waals surface area contributed by atoms with Gasteiger partial charge in [-0.1, -0.05) is 12.1 Å². The highest BCUT2D eigenvalue weighted by Gasteiger charge is 2.30. The molecule has 0 saturated carbocycles. The summed E-state index contributed by atoms with van der Waals surface area (Å²) in [6, 6.07) is 8.63. The maximum absolute atomic E-state index is 12.7. The third-order valence-electron chi connectivity index (χ3n) is 3.41. The molecule has 0 spiro atoms. The van der Waals surface area contributed by atoms with Crippen molar-refractivity contribution in [2.75, 3.05) is 13.2 Å². The Morgan fingerprint density at radius 2 is 1.76 bits per heavy atom. The highest BCUT2D eigenvalue weighted by atomic mass is 19.4. The molecule has 0 saturated heterocycles. The Balaban J connectivity index is 2.35. The molecule has 0 aliphatic rings. The fraction of sp³-hybridized carbons (Fsp3) is 0.235. The van der Waals surface area contributed by atoms with E-state index in [0.717, 1.165) is 12.1 Å². The van der Waals surface area contributed by atoms with Crippen LogP contribution in [0.2, 0.25) is 0 Å². The maximum atomic E-state index is 12.7. The van der Waals surface area contributed by atoms with Gasteiger partial charge in [-0.05, 0) is 35.9 Å². The smallest absolute Gasteiger partial charge is 0.416 e. The normalized spacial score (nSPS) is 11.4. The molecular weight excluding hydrogens is 339 g/mol. The molecule has 0 amide bonds. The van der Waals surface area contributed by atoms with Gasteiger partial charge in [0.25, 0.3) is 0 Å². The number of aromatic carboxylic acids is 1. The van der Waals surface area contributed by atoms with E-state index in [2.05, 4.69) is 4.84 Å². The zero-order chi connectivity index (χ0) is 18.4. The number of hydrogen-bond acceptors (Lipinski definition) is 4. The van der Waals surface area contributed by atoms with Crippen LogP contribution in [0.1, 0.15) is 22.3 Å². The molecule has 8 heteroatoms. The lowest BCUT2D eigenvalue weighted by Crippen LogP contribution is -2.07. The van der Waals surface area contributed by atoms with Crippen LogP contribution in [0.5, 0.6) is 5.75 Å². The Labute approximate surface area is 141 Å². The van der Waals surface area contributed by atoms with Crippen molar-refractivity contribution in [3.05, 3.63) is 53.6 Å². The van der Waals surface area contributed by atoms with Crippen molar-refractivity contribution in [1.82, 2.24) is 0 Å². The fourth-order valence-electron chi connectivity index (χ4n) is 2.18. The molecule has 134 valence electrons. The summed E-state index contributed by atoms with van der Waals surface area (Å²) in [5, 5.41) is 9.12. The van der Waals surface area contributed by atoms with Crippen molar-refractivity contribution in [3.63, 3.8) is 0 Å². The van der Waals surface area contributed by atoms with E-state index >= 15 is 0 Å². The van der Waals surface area contributed by atoms with Gasteiger partial charge in [-0.3, -0.25) is 0 Å². The Kier molecular flexibility index (Phi) is 6.00. The average molecular weight is 355 g/mol. The van der Waals surface area contributed by atoms with Crippen molar-refractivity contribution in [2.24, 2.45) is 5.90 Å². The highest BCUT2D eigenvalue weighted by Crippen LogP contribution is 2.34. The predicted octanol–water partition coefficient (Wildman–Crippen LogP) is 3.73. The van der Waals surface area contributed by atoms with Crippen molar-refractivity contribution in [3.8, 4) is 16.9 Å². The van der Waals surface area contributed by atoms with Crippen LogP contribution in [-0.2, 0) is 11.0 Å². The first-order valence-corrected chi connectivity index (χ1v) is 7.32. The Bertz CT molecular complexity index is 730. The van der Waals surface area contributed by atoms with Crippen LogP contribution in [0.4, 0.5) is 13.2 Å². The van der Waals surface area contributed by atoms with Gasteiger partial charge in [0, 0.05) is 12.0 Å². The predicted molar refractivity (Wildman–Crippen MR) is 84.1 cm³/mol. The van der Waals surface area contributed by atoms with Gasteiger partial charge in [0.1, 0.15) is 5.75 Å². The van der Waals surface area contributed by atoms with E-state index in [4.69, 9.17) is 15.7 Å². The minimum absolute atomic E-state index is 0.00698. The molecule has 0 fully saturated rings. The van der Waals surface area contributed by atoms with E-state index in [9.17, 15) is 18.0 Å². The van der Waals surface area contributed by atoms with Crippen LogP contribution in [-0.4, -0.2) is 24.3 Å². The second-order valence-electron chi connectivity index (χ2n) is 5.16. The Hall–Kier alpha value is -2.58. The minimum atomic E-state index is -4.44. The Morgan fingerprint density at radius 1 is 1.08 bits per heavy atom. The van der Waals surface area contributed by atoms with Gasteiger partial charge in [-0.15, -0.1) is 0 Å². The minimum Gasteiger partial charge on any atom is -0.493 e. The molecule has 0 aromatic heterocycles. The summed E-state index contributed by atoms with van der Waals surface area (Å²) in [5.41, 5.74) is 0.0317. The van der Waals surface area contributed by atoms with Gasteiger partial charge in [0.05, 0.1) is 24.3 Å². The van der Waals surface area contributed by atoms with Crippen LogP contribution in [0, 0.1) is 0 Å². The molecule has 0 bridgehead atoms. The van der Waals surface area contributed by atoms with Gasteiger partial charge < -0.3 is 14.7 Å². The van der Waals surface area contributed by atoms with E-state index in [0.29, 0.717) is 23.3 Å². The maximum Gasteiger partial charge on any atom is 0.416 e. The molecule has 0 heterocycles. The lowest BCUT2D eigenvalue weighted by Gasteiger charge is -2.13. The Morgan fingerprint density at radius 3 is 2.32 bits per heavy atom. The standard InChI is InChI=1S/C17H16F3NO4/c18-17(19,20)13-5-2-11(3-6-13)14-10-12(16(22)23)4-7-15(14)24-8-1-9-25-21/h2-7,10H,1,8-9,21H2,(H,22,23). The molecule has 2 aromatic rings. The number of benzene rings is 2. The quantitative estimate of drug-likeness (QED) is 0.584. The molecule has 3 N–H and O–H groups in total. The average Bonchev–Trinajstić information content (AvgIpc) is 2.58. The third kappa shape index (κ3) is 4.94. The monoisotopic (exact) mass is 355 g/mol. The molecule has 25 heavy (non-hydrogen) atoms. The number of alkyl halides is 3. The fourth-order valence-corrected chi connectivity index (χ4v) is 2.18. The number of rotatable bonds is 7. The van der Waals surface area contributed by atoms with Gasteiger partial charge >= 0.3 is 12.1 Å². The molecule has 5 nitrogen and oxygen atoms in total. The van der Waals surface area contributed by atoms with E-state index in [1.165, 1.54) is 30.3 Å². The number of carboxylic acids is 1. The van der Waals surface area contributed by atoms with E-state index < -0.39 is 17.7 Å². The second kappa shape index (κ2) is 8.00. The number of ether oxygens (including phenoxy) is 1. The van der Waals surface area contributed by atoms with E-state index in [-0.39, 0.29) is 18.8 Å². The number of carbonyl (C=O) groups is 1. The van der Waals surface area contributed by atoms with Gasteiger partial charge in [0.2, 0.25) is 0 Å². The third-order valence-corrected chi connectivity index (χ3v) is 3.41. The van der Waals surface area contributed by atoms with Crippen LogP contribution >= 0.6 is 0 Å². The van der Waals surface area contributed by atoms with Crippen molar-refractivity contribution < 1.29 is 32.6 Å². The summed E-state index contributed by atoms with van der Waals surface area (Å²) in [6.07, 6.45) is -3.94. The summed E-state index contributed by atoms with van der Waals surface area (Å²) in [6.45, 7) is 0.542. The van der Waals surface area contributed by atoms with Crippen LogP contribution in [0.25, 0.3) is 11.1 Å². The first kappa shape index (κ1) is 18.8.